The first kappa shape index (κ1) is 23.9. The van der Waals surface area contributed by atoms with Crippen LogP contribution >= 0.6 is 0 Å². The molecule has 2 aliphatic rings. The van der Waals surface area contributed by atoms with Gasteiger partial charge in [0, 0.05) is 55.0 Å². The quantitative estimate of drug-likeness (QED) is 0.406. The molecule has 5 rings (SSSR count). The Morgan fingerprint density at radius 1 is 1.14 bits per heavy atom. The van der Waals surface area contributed by atoms with Gasteiger partial charge in [-0.2, -0.15) is 5.10 Å². The minimum absolute atomic E-state index is 0.0905. The van der Waals surface area contributed by atoms with Crippen LogP contribution in [0.2, 0.25) is 0 Å². The second-order valence-corrected chi connectivity index (χ2v) is 9.40. The standard InChI is InChI=1S/C28H29FN4O3/c1-2-36-26-11-6-19(14-30-31-28(35)21-7-9-24(29)10-8-21)12-23(26)18-32-15-20-13-22(17-32)25-4-3-5-27(34)33(25)16-20/h3-12,14,20,22H,2,13,15-18H2,1H3,(H,31,35)/b30-14-/t20-,22+/m1/s1. The zero-order valence-electron chi connectivity index (χ0n) is 20.2. The third-order valence-corrected chi connectivity index (χ3v) is 6.82. The Bertz CT molecular complexity index is 1340. The number of carbonyl (C=O) groups excluding carboxylic acids is 1. The van der Waals surface area contributed by atoms with E-state index in [4.69, 9.17) is 4.74 Å². The van der Waals surface area contributed by atoms with Crippen molar-refractivity contribution in [2.24, 2.45) is 11.0 Å². The van der Waals surface area contributed by atoms with Gasteiger partial charge in [0.2, 0.25) is 0 Å². The lowest BCUT2D eigenvalue weighted by Crippen LogP contribution is -2.46. The molecule has 2 atom stereocenters. The smallest absolute Gasteiger partial charge is 0.271 e. The van der Waals surface area contributed by atoms with Gasteiger partial charge in [0.1, 0.15) is 11.6 Å². The maximum Gasteiger partial charge on any atom is 0.271 e. The molecule has 0 saturated carbocycles. The highest BCUT2D eigenvalue weighted by atomic mass is 19.1. The van der Waals surface area contributed by atoms with Crippen molar-refractivity contribution < 1.29 is 13.9 Å². The second-order valence-electron chi connectivity index (χ2n) is 9.40. The number of rotatable bonds is 7. The lowest BCUT2D eigenvalue weighted by molar-refractivity contribution is 0.0955. The first-order valence-electron chi connectivity index (χ1n) is 12.3. The largest absolute Gasteiger partial charge is 0.494 e. The van der Waals surface area contributed by atoms with Gasteiger partial charge in [-0.25, -0.2) is 9.82 Å². The summed E-state index contributed by atoms with van der Waals surface area (Å²) >= 11 is 0. The Labute approximate surface area is 209 Å². The predicted octanol–water partition coefficient (Wildman–Crippen LogP) is 3.77. The number of hydrogen-bond acceptors (Lipinski definition) is 5. The third kappa shape index (κ3) is 5.23. The molecule has 0 unspecified atom stereocenters. The molecule has 1 saturated heterocycles. The molecule has 2 aliphatic heterocycles. The van der Waals surface area contributed by atoms with Crippen molar-refractivity contribution in [2.45, 2.75) is 32.4 Å². The number of halogens is 1. The number of nitrogens with one attached hydrogen (secondary N) is 1. The fraction of sp³-hybridized carbons (Fsp3) is 0.321. The van der Waals surface area contributed by atoms with Gasteiger partial charge in [0.05, 0.1) is 12.8 Å². The van der Waals surface area contributed by atoms with Crippen LogP contribution in [0, 0.1) is 11.7 Å². The summed E-state index contributed by atoms with van der Waals surface area (Å²) in [6.45, 7) is 5.83. The second kappa shape index (κ2) is 10.5. The highest BCUT2D eigenvalue weighted by Crippen LogP contribution is 2.36. The minimum Gasteiger partial charge on any atom is -0.494 e. The maximum atomic E-state index is 13.1. The highest BCUT2D eigenvalue weighted by Gasteiger charge is 2.34. The van der Waals surface area contributed by atoms with Crippen molar-refractivity contribution in [1.29, 1.82) is 0 Å². The normalized spacial score (nSPS) is 19.2. The first-order valence-corrected chi connectivity index (χ1v) is 12.3. The Morgan fingerprint density at radius 2 is 1.97 bits per heavy atom. The molecule has 0 aliphatic carbocycles. The van der Waals surface area contributed by atoms with Crippen LogP contribution in [0.3, 0.4) is 0 Å². The van der Waals surface area contributed by atoms with E-state index in [1.54, 1.807) is 12.3 Å². The van der Waals surface area contributed by atoms with Crippen LogP contribution in [0.5, 0.6) is 5.75 Å². The van der Waals surface area contributed by atoms with Crippen LogP contribution in [0.4, 0.5) is 4.39 Å². The van der Waals surface area contributed by atoms with Crippen molar-refractivity contribution in [3.05, 3.63) is 99.2 Å². The van der Waals surface area contributed by atoms with Crippen molar-refractivity contribution in [1.82, 2.24) is 14.9 Å². The number of ether oxygens (including phenoxy) is 1. The number of piperidine rings is 1. The molecule has 1 aromatic heterocycles. The fourth-order valence-corrected chi connectivity index (χ4v) is 5.30. The summed E-state index contributed by atoms with van der Waals surface area (Å²) in [5, 5.41) is 4.08. The summed E-state index contributed by atoms with van der Waals surface area (Å²) in [5.41, 5.74) is 5.93. The SMILES string of the molecule is CCOc1ccc(/C=N\NC(=O)c2ccc(F)cc2)cc1CN1C[C@H]2C[C@@H](C1)c1cccc(=O)n1C2. The van der Waals surface area contributed by atoms with Crippen LogP contribution in [0.25, 0.3) is 0 Å². The number of aromatic nitrogens is 1. The van der Waals surface area contributed by atoms with E-state index in [2.05, 4.69) is 21.5 Å². The van der Waals surface area contributed by atoms with Gasteiger partial charge in [-0.1, -0.05) is 6.07 Å². The van der Waals surface area contributed by atoms with Crippen LogP contribution in [-0.4, -0.2) is 41.3 Å². The molecule has 186 valence electrons. The first-order chi connectivity index (χ1) is 17.5. The molecule has 1 N–H and O–H groups in total. The molecule has 8 heteroatoms. The summed E-state index contributed by atoms with van der Waals surface area (Å²) in [6.07, 6.45) is 2.70. The molecule has 0 radical (unpaired) electrons. The van der Waals surface area contributed by atoms with E-state index < -0.39 is 11.7 Å². The molecule has 2 bridgehead atoms. The third-order valence-electron chi connectivity index (χ3n) is 6.82. The lowest BCUT2D eigenvalue weighted by Gasteiger charge is -2.43. The molecule has 1 amide bonds. The number of hydrazone groups is 1. The number of likely N-dealkylation sites (tertiary alicyclic amines) is 1. The summed E-state index contributed by atoms with van der Waals surface area (Å²) in [7, 11) is 0. The molecule has 2 aromatic carbocycles. The van der Waals surface area contributed by atoms with Gasteiger partial charge in [0.25, 0.3) is 11.5 Å². The van der Waals surface area contributed by atoms with Gasteiger partial charge in [0.15, 0.2) is 0 Å². The number of benzene rings is 2. The Morgan fingerprint density at radius 3 is 2.78 bits per heavy atom. The number of pyridine rings is 1. The average Bonchev–Trinajstić information content (AvgIpc) is 2.87. The van der Waals surface area contributed by atoms with Crippen LogP contribution in [0.1, 0.15) is 46.4 Å². The predicted molar refractivity (Wildman–Crippen MR) is 136 cm³/mol. The van der Waals surface area contributed by atoms with Crippen LogP contribution in [-0.2, 0) is 13.1 Å². The number of amides is 1. The monoisotopic (exact) mass is 488 g/mol. The number of hydrogen-bond donors (Lipinski definition) is 1. The van der Waals surface area contributed by atoms with Crippen LogP contribution < -0.4 is 15.7 Å². The van der Waals surface area contributed by atoms with E-state index in [9.17, 15) is 14.0 Å². The molecular formula is C28H29FN4O3. The zero-order valence-corrected chi connectivity index (χ0v) is 20.2. The van der Waals surface area contributed by atoms with Gasteiger partial charge in [-0.15, -0.1) is 0 Å². The van der Waals surface area contributed by atoms with Crippen LogP contribution in [0.15, 0.2) is 70.6 Å². The van der Waals surface area contributed by atoms with E-state index >= 15 is 0 Å². The summed E-state index contributed by atoms with van der Waals surface area (Å²) in [4.78, 5) is 27.0. The number of fused-ring (bicyclic) bond motifs is 4. The Kier molecular flexibility index (Phi) is 6.95. The van der Waals surface area contributed by atoms with E-state index in [0.29, 0.717) is 24.0 Å². The Hall–Kier alpha value is -3.78. The van der Waals surface area contributed by atoms with E-state index in [-0.39, 0.29) is 5.56 Å². The highest BCUT2D eigenvalue weighted by molar-refractivity contribution is 5.94. The Balaban J connectivity index is 1.29. The molecule has 0 spiro atoms. The zero-order chi connectivity index (χ0) is 25.1. The van der Waals surface area contributed by atoms with Gasteiger partial charge >= 0.3 is 0 Å². The minimum atomic E-state index is -0.406. The van der Waals surface area contributed by atoms with Gasteiger partial charge < -0.3 is 9.30 Å². The molecule has 1 fully saturated rings. The van der Waals surface area contributed by atoms with Gasteiger partial charge in [-0.3, -0.25) is 14.5 Å². The van der Waals surface area contributed by atoms with Gasteiger partial charge in [-0.05, 0) is 73.4 Å². The molecule has 36 heavy (non-hydrogen) atoms. The van der Waals surface area contributed by atoms with E-state index in [1.807, 2.05) is 35.8 Å². The molecule has 7 nitrogen and oxygen atoms in total. The lowest BCUT2D eigenvalue weighted by atomic mass is 9.83. The maximum absolute atomic E-state index is 13.1. The molecular weight excluding hydrogens is 459 g/mol. The number of nitrogens with zero attached hydrogens (tertiary/aromatic N) is 3. The topological polar surface area (TPSA) is 75.9 Å². The van der Waals surface area contributed by atoms with Crippen molar-refractivity contribution >= 4 is 12.1 Å². The number of carbonyl (C=O) groups is 1. The van der Waals surface area contributed by atoms with Crippen molar-refractivity contribution in [3.63, 3.8) is 0 Å². The summed E-state index contributed by atoms with van der Waals surface area (Å²) < 4.78 is 20.9. The molecule has 3 aromatic rings. The van der Waals surface area contributed by atoms with Crippen molar-refractivity contribution in [3.8, 4) is 5.75 Å². The van der Waals surface area contributed by atoms with E-state index in [0.717, 1.165) is 55.2 Å². The van der Waals surface area contributed by atoms with Crippen molar-refractivity contribution in [2.75, 3.05) is 19.7 Å². The van der Waals surface area contributed by atoms with E-state index in [1.165, 1.54) is 24.3 Å². The average molecular weight is 489 g/mol. The summed E-state index contributed by atoms with van der Waals surface area (Å²) in [6, 6.07) is 16.7. The summed E-state index contributed by atoms with van der Waals surface area (Å²) in [5.74, 6) is 0.813. The molecule has 3 heterocycles. The fourth-order valence-electron chi connectivity index (χ4n) is 5.30.